The summed E-state index contributed by atoms with van der Waals surface area (Å²) in [5.41, 5.74) is 15.0. The van der Waals surface area contributed by atoms with Crippen molar-refractivity contribution in [3.63, 3.8) is 0 Å². The fraction of sp³-hybridized carbons (Fsp3) is 0.0645. The molecule has 0 aromatic heterocycles. The lowest BCUT2D eigenvalue weighted by Gasteiger charge is -2.31. The van der Waals surface area contributed by atoms with Gasteiger partial charge in [0, 0.05) is 0 Å². The van der Waals surface area contributed by atoms with Gasteiger partial charge >= 0.3 is 6.18 Å². The van der Waals surface area contributed by atoms with Gasteiger partial charge < -0.3 is 9.47 Å². The van der Waals surface area contributed by atoms with Gasteiger partial charge in [0.25, 0.3) is 0 Å². The van der Waals surface area contributed by atoms with Gasteiger partial charge in [-0.15, -0.1) is 0 Å². The molecular formula is C62H39F3O2. The Bertz CT molecular complexity index is 3750. The minimum Gasteiger partial charge on any atom is -0.496 e. The van der Waals surface area contributed by atoms with Crippen LogP contribution in [-0.2, 0) is 11.6 Å². The number of hydrogen-bond acceptors (Lipinski definition) is 2. The van der Waals surface area contributed by atoms with E-state index >= 15 is 13.2 Å². The summed E-state index contributed by atoms with van der Waals surface area (Å²) in [6.07, 6.45) is -4.75. The molecule has 0 radical (unpaired) electrons. The standard InChI is InChI=1S/C62H39F3O2/c1-36-14-16-37(17-15-36)42-24-29-49-50-30-25-43(33-55(50)61(54(49)32-42)52-12-5-3-10-47(52)48-11-4-6-13-53(48)61)38-20-26-45(27-21-38)67-57-35-44(34-56(66-2)60(57)62(63,64)65)46-28-22-41-19-18-39-8-7-9-40-23-31-51(46)59(41)58(39)40/h3-35H,1-2H3. The van der Waals surface area contributed by atoms with Crippen LogP contribution in [0.4, 0.5) is 13.2 Å². The van der Waals surface area contributed by atoms with Crippen LogP contribution in [0, 0.1) is 6.92 Å². The lowest BCUT2D eigenvalue weighted by molar-refractivity contribution is -0.139. The van der Waals surface area contributed by atoms with Crippen LogP contribution in [0.2, 0.25) is 0 Å². The van der Waals surface area contributed by atoms with Gasteiger partial charge in [0.1, 0.15) is 22.8 Å². The molecule has 0 unspecified atom stereocenters. The van der Waals surface area contributed by atoms with Crippen molar-refractivity contribution in [3.05, 3.63) is 234 Å². The molecule has 320 valence electrons. The predicted octanol–water partition coefficient (Wildman–Crippen LogP) is 17.1. The molecule has 2 aliphatic rings. The number of halogens is 3. The highest BCUT2D eigenvalue weighted by Crippen LogP contribution is 2.63. The summed E-state index contributed by atoms with van der Waals surface area (Å²) in [5.74, 6) is -0.367. The highest BCUT2D eigenvalue weighted by atomic mass is 19.4. The van der Waals surface area contributed by atoms with Crippen LogP contribution in [-0.4, -0.2) is 7.11 Å². The van der Waals surface area contributed by atoms with Crippen molar-refractivity contribution in [2.75, 3.05) is 7.11 Å². The van der Waals surface area contributed by atoms with Crippen LogP contribution in [0.25, 0.3) is 88.0 Å². The highest BCUT2D eigenvalue weighted by Gasteiger charge is 2.51. The first-order valence-corrected chi connectivity index (χ1v) is 22.5. The molecule has 13 rings (SSSR count). The van der Waals surface area contributed by atoms with E-state index in [0.29, 0.717) is 5.56 Å². The van der Waals surface area contributed by atoms with Gasteiger partial charge in [-0.1, -0.05) is 169 Å². The molecule has 0 atom stereocenters. The molecule has 0 heterocycles. The lowest BCUT2D eigenvalue weighted by atomic mass is 9.70. The summed E-state index contributed by atoms with van der Waals surface area (Å²) < 4.78 is 56.8. The average Bonchev–Trinajstić information content (AvgIpc) is 3.82. The zero-order chi connectivity index (χ0) is 45.2. The minimum absolute atomic E-state index is 0.274. The molecule has 2 aliphatic carbocycles. The fourth-order valence-corrected chi connectivity index (χ4v) is 11.3. The monoisotopic (exact) mass is 872 g/mol. The van der Waals surface area contributed by atoms with Crippen molar-refractivity contribution in [2.24, 2.45) is 0 Å². The van der Waals surface area contributed by atoms with Crippen LogP contribution in [0.5, 0.6) is 17.2 Å². The summed E-state index contributed by atoms with van der Waals surface area (Å²) in [6, 6.07) is 68.6. The number of rotatable bonds is 6. The zero-order valence-electron chi connectivity index (χ0n) is 36.5. The summed E-state index contributed by atoms with van der Waals surface area (Å²) >= 11 is 0. The van der Waals surface area contributed by atoms with Crippen LogP contribution in [0.15, 0.2) is 200 Å². The number of hydrogen-bond donors (Lipinski definition) is 0. The first kappa shape index (κ1) is 39.2. The Morgan fingerprint density at radius 3 is 1.49 bits per heavy atom. The molecule has 67 heavy (non-hydrogen) atoms. The molecule has 5 heteroatoms. The number of benzene rings is 11. The van der Waals surface area contributed by atoms with E-state index in [0.717, 1.165) is 54.6 Å². The van der Waals surface area contributed by atoms with Crippen LogP contribution >= 0.6 is 0 Å². The van der Waals surface area contributed by atoms with Gasteiger partial charge in [-0.3, -0.25) is 0 Å². The first-order valence-electron chi connectivity index (χ1n) is 22.5. The topological polar surface area (TPSA) is 18.5 Å². The number of ether oxygens (including phenoxy) is 2. The molecule has 0 aliphatic heterocycles. The second-order valence-corrected chi connectivity index (χ2v) is 17.9. The number of fused-ring (bicyclic) bond motifs is 10. The maximum atomic E-state index is 15.0. The van der Waals surface area contributed by atoms with Crippen molar-refractivity contribution in [2.45, 2.75) is 18.5 Å². The number of aryl methyl sites for hydroxylation is 1. The predicted molar refractivity (Wildman–Crippen MR) is 266 cm³/mol. The molecule has 0 N–H and O–H groups in total. The maximum Gasteiger partial charge on any atom is 0.423 e. The van der Waals surface area contributed by atoms with E-state index < -0.39 is 17.2 Å². The second kappa shape index (κ2) is 14.4. The number of methoxy groups -OCH3 is 1. The highest BCUT2D eigenvalue weighted by molar-refractivity contribution is 6.25. The van der Waals surface area contributed by atoms with Gasteiger partial charge in [0.2, 0.25) is 0 Å². The Labute approximate surface area is 385 Å². The van der Waals surface area contributed by atoms with E-state index in [9.17, 15) is 0 Å². The molecule has 11 aromatic carbocycles. The summed E-state index contributed by atoms with van der Waals surface area (Å²) in [5, 5.41) is 6.41. The largest absolute Gasteiger partial charge is 0.496 e. The van der Waals surface area contributed by atoms with Gasteiger partial charge in [-0.25, -0.2) is 0 Å². The van der Waals surface area contributed by atoms with Gasteiger partial charge in [0.05, 0.1) is 12.5 Å². The van der Waals surface area contributed by atoms with Crippen LogP contribution in [0.1, 0.15) is 33.4 Å². The maximum absolute atomic E-state index is 15.0. The smallest absolute Gasteiger partial charge is 0.423 e. The summed E-state index contributed by atoms with van der Waals surface area (Å²) in [4.78, 5) is 0. The summed E-state index contributed by atoms with van der Waals surface area (Å²) in [6.45, 7) is 2.11. The van der Waals surface area contributed by atoms with Gasteiger partial charge in [-0.2, -0.15) is 13.2 Å². The fourth-order valence-electron chi connectivity index (χ4n) is 11.3. The van der Waals surface area contributed by atoms with Gasteiger partial charge in [-0.05, 0) is 154 Å². The normalized spacial score (nSPS) is 13.3. The minimum atomic E-state index is -4.75. The van der Waals surface area contributed by atoms with Crippen molar-refractivity contribution in [1.82, 2.24) is 0 Å². The zero-order valence-corrected chi connectivity index (χ0v) is 36.5. The van der Waals surface area contributed by atoms with Crippen LogP contribution < -0.4 is 9.47 Å². The van der Waals surface area contributed by atoms with E-state index in [1.807, 2.05) is 30.3 Å². The molecule has 0 bridgehead atoms. The molecule has 0 saturated heterocycles. The van der Waals surface area contributed by atoms with Crippen molar-refractivity contribution in [3.8, 4) is 72.9 Å². The van der Waals surface area contributed by atoms with E-state index in [-0.39, 0.29) is 17.2 Å². The quantitative estimate of drug-likeness (QED) is 0.155. The average molecular weight is 873 g/mol. The lowest BCUT2D eigenvalue weighted by Crippen LogP contribution is -2.26. The molecule has 1 spiro atoms. The molecule has 0 fully saturated rings. The van der Waals surface area contributed by atoms with Crippen molar-refractivity contribution >= 4 is 32.3 Å². The second-order valence-electron chi connectivity index (χ2n) is 17.9. The molecule has 0 amide bonds. The van der Waals surface area contributed by atoms with Crippen molar-refractivity contribution in [1.29, 1.82) is 0 Å². The third-order valence-electron chi connectivity index (χ3n) is 14.3. The molecule has 11 aromatic rings. The van der Waals surface area contributed by atoms with E-state index in [1.54, 1.807) is 12.1 Å². The van der Waals surface area contributed by atoms with Crippen LogP contribution in [0.3, 0.4) is 0 Å². The Balaban J connectivity index is 0.914. The van der Waals surface area contributed by atoms with Crippen molar-refractivity contribution < 1.29 is 22.6 Å². The Kier molecular flexibility index (Phi) is 8.45. The number of alkyl halides is 3. The molecule has 0 saturated carbocycles. The Hall–Kier alpha value is -8.15. The van der Waals surface area contributed by atoms with E-state index in [4.69, 9.17) is 9.47 Å². The SMILES string of the molecule is COc1cc(-c2ccc3ccc4cccc5ccc2c3c45)cc(Oc2ccc(-c3ccc4c(c3)C3(c5ccccc5-c5ccccc53)c3cc(-c5ccc(C)cc5)ccc3-4)cc2)c1C(F)(F)F. The van der Waals surface area contributed by atoms with E-state index in [2.05, 4.69) is 153 Å². The third-order valence-corrected chi connectivity index (χ3v) is 14.3. The molecular weight excluding hydrogens is 834 g/mol. The van der Waals surface area contributed by atoms with Gasteiger partial charge in [0.15, 0.2) is 0 Å². The summed E-state index contributed by atoms with van der Waals surface area (Å²) in [7, 11) is 1.27. The first-order chi connectivity index (χ1) is 32.7. The Morgan fingerprint density at radius 2 is 0.896 bits per heavy atom. The third kappa shape index (κ3) is 5.77. The Morgan fingerprint density at radius 1 is 0.403 bits per heavy atom. The molecule has 2 nitrogen and oxygen atoms in total. The van der Waals surface area contributed by atoms with E-state index in [1.165, 1.54) is 74.9 Å².